The number of hydrogen-bond acceptors (Lipinski definition) is 4. The predicted molar refractivity (Wildman–Crippen MR) is 71.9 cm³/mol. The molecule has 0 aliphatic carbocycles. The molecule has 1 aromatic heterocycles. The maximum Gasteiger partial charge on any atom is 0.163 e. The number of rotatable bonds is 3. The summed E-state index contributed by atoms with van der Waals surface area (Å²) in [7, 11) is 0. The first-order valence-electron chi connectivity index (χ1n) is 6.50. The molecule has 0 fully saturated rings. The highest BCUT2D eigenvalue weighted by Crippen LogP contribution is 2.31. The number of hydrogen-bond donors (Lipinski definition) is 1. The van der Waals surface area contributed by atoms with Crippen LogP contribution in [0.5, 0.6) is 11.5 Å². The van der Waals surface area contributed by atoms with E-state index in [-0.39, 0.29) is 0 Å². The standard InChI is InChI=1S/C14H17N3O2/c15-5-4-12-9-16-10-17(12)11-2-3-13-14(8-11)19-7-1-6-18-13/h2-3,8-10H,1,4-7,15H2. The average molecular weight is 259 g/mol. The predicted octanol–water partition coefficient (Wildman–Crippen LogP) is 1.53. The third-order valence-corrected chi connectivity index (χ3v) is 3.12. The topological polar surface area (TPSA) is 62.3 Å². The molecule has 1 aromatic carbocycles. The second kappa shape index (κ2) is 5.32. The van der Waals surface area contributed by atoms with Gasteiger partial charge in [-0.25, -0.2) is 4.98 Å². The SMILES string of the molecule is NCCc1cncn1-c1ccc2c(c1)OCCCO2. The fraction of sp³-hybridized carbons (Fsp3) is 0.357. The number of aromatic nitrogens is 2. The Hall–Kier alpha value is -2.01. The van der Waals surface area contributed by atoms with E-state index in [1.54, 1.807) is 6.33 Å². The molecule has 2 N–H and O–H groups in total. The Kier molecular flexibility index (Phi) is 3.37. The molecule has 3 rings (SSSR count). The van der Waals surface area contributed by atoms with Crippen LogP contribution in [0.3, 0.4) is 0 Å². The number of benzene rings is 1. The summed E-state index contributed by atoms with van der Waals surface area (Å²) in [5.41, 5.74) is 7.73. The molecular weight excluding hydrogens is 242 g/mol. The van der Waals surface area contributed by atoms with Crippen LogP contribution in [0.25, 0.3) is 5.69 Å². The lowest BCUT2D eigenvalue weighted by Crippen LogP contribution is -2.07. The molecule has 5 nitrogen and oxygen atoms in total. The van der Waals surface area contributed by atoms with Crippen LogP contribution in [0.1, 0.15) is 12.1 Å². The van der Waals surface area contributed by atoms with Crippen LogP contribution in [0.4, 0.5) is 0 Å². The molecule has 0 radical (unpaired) electrons. The van der Waals surface area contributed by atoms with Crippen molar-refractivity contribution < 1.29 is 9.47 Å². The molecule has 0 unspecified atom stereocenters. The van der Waals surface area contributed by atoms with Crippen molar-refractivity contribution in [1.82, 2.24) is 9.55 Å². The first-order chi connectivity index (χ1) is 9.38. The zero-order valence-corrected chi connectivity index (χ0v) is 10.7. The van der Waals surface area contributed by atoms with Gasteiger partial charge < -0.3 is 19.8 Å². The Balaban J connectivity index is 1.97. The number of fused-ring (bicyclic) bond motifs is 1. The highest BCUT2D eigenvalue weighted by molar-refractivity contribution is 5.49. The van der Waals surface area contributed by atoms with Gasteiger partial charge in [0.25, 0.3) is 0 Å². The van der Waals surface area contributed by atoms with Crippen molar-refractivity contribution in [3.63, 3.8) is 0 Å². The van der Waals surface area contributed by atoms with Crippen molar-refractivity contribution >= 4 is 0 Å². The Morgan fingerprint density at radius 3 is 2.89 bits per heavy atom. The summed E-state index contributed by atoms with van der Waals surface area (Å²) in [5, 5.41) is 0. The molecule has 100 valence electrons. The van der Waals surface area contributed by atoms with Crippen LogP contribution in [0.2, 0.25) is 0 Å². The quantitative estimate of drug-likeness (QED) is 0.908. The lowest BCUT2D eigenvalue weighted by Gasteiger charge is -2.11. The minimum atomic E-state index is 0.607. The van der Waals surface area contributed by atoms with Crippen molar-refractivity contribution in [2.45, 2.75) is 12.8 Å². The Labute approximate surface area is 112 Å². The highest BCUT2D eigenvalue weighted by Gasteiger charge is 2.12. The first kappa shape index (κ1) is 12.0. The van der Waals surface area contributed by atoms with E-state index in [9.17, 15) is 0 Å². The zero-order chi connectivity index (χ0) is 13.1. The summed E-state index contributed by atoms with van der Waals surface area (Å²) in [6.45, 7) is 2.00. The summed E-state index contributed by atoms with van der Waals surface area (Å²) in [4.78, 5) is 4.18. The molecule has 1 aliphatic rings. The summed E-state index contributed by atoms with van der Waals surface area (Å²) < 4.78 is 13.4. The van der Waals surface area contributed by atoms with Crippen LogP contribution >= 0.6 is 0 Å². The van der Waals surface area contributed by atoms with Crippen molar-refractivity contribution in [2.24, 2.45) is 5.73 Å². The van der Waals surface area contributed by atoms with Gasteiger partial charge in [0.2, 0.25) is 0 Å². The lowest BCUT2D eigenvalue weighted by molar-refractivity contribution is 0.297. The molecule has 0 bridgehead atoms. The van der Waals surface area contributed by atoms with Gasteiger partial charge in [0, 0.05) is 30.8 Å². The first-order valence-corrected chi connectivity index (χ1v) is 6.50. The average Bonchev–Trinajstić information content (AvgIpc) is 2.76. The van der Waals surface area contributed by atoms with Crippen LogP contribution < -0.4 is 15.2 Å². The van der Waals surface area contributed by atoms with E-state index in [2.05, 4.69) is 4.98 Å². The number of imidazole rings is 1. The minimum Gasteiger partial charge on any atom is -0.490 e. The fourth-order valence-electron chi connectivity index (χ4n) is 2.19. The largest absolute Gasteiger partial charge is 0.490 e. The molecule has 0 saturated heterocycles. The van der Waals surface area contributed by atoms with Gasteiger partial charge in [0.1, 0.15) is 0 Å². The van der Waals surface area contributed by atoms with Gasteiger partial charge >= 0.3 is 0 Å². The van der Waals surface area contributed by atoms with E-state index in [1.165, 1.54) is 0 Å². The lowest BCUT2D eigenvalue weighted by atomic mass is 10.2. The maximum absolute atomic E-state index is 5.70. The molecule has 2 heterocycles. The second-order valence-corrected chi connectivity index (χ2v) is 4.48. The van der Waals surface area contributed by atoms with Crippen molar-refractivity contribution in [2.75, 3.05) is 19.8 Å². The van der Waals surface area contributed by atoms with E-state index >= 15 is 0 Å². The Morgan fingerprint density at radius 2 is 2.05 bits per heavy atom. The Bertz CT molecular complexity index is 566. The van der Waals surface area contributed by atoms with Crippen molar-refractivity contribution in [3.8, 4) is 17.2 Å². The van der Waals surface area contributed by atoms with Crippen LogP contribution in [0.15, 0.2) is 30.7 Å². The number of nitrogens with two attached hydrogens (primary N) is 1. The summed E-state index contributed by atoms with van der Waals surface area (Å²) in [6, 6.07) is 5.94. The van der Waals surface area contributed by atoms with Crippen LogP contribution in [0, 0.1) is 0 Å². The molecule has 0 spiro atoms. The molecule has 0 saturated carbocycles. The monoisotopic (exact) mass is 259 g/mol. The Morgan fingerprint density at radius 1 is 1.21 bits per heavy atom. The normalized spacial score (nSPS) is 14.2. The summed E-state index contributed by atoms with van der Waals surface area (Å²) in [5.74, 6) is 1.60. The number of nitrogens with zero attached hydrogens (tertiary/aromatic N) is 2. The molecule has 2 aromatic rings. The van der Waals surface area contributed by atoms with E-state index in [4.69, 9.17) is 15.2 Å². The van der Waals surface area contributed by atoms with Gasteiger partial charge in [-0.1, -0.05) is 0 Å². The highest BCUT2D eigenvalue weighted by atomic mass is 16.5. The van der Waals surface area contributed by atoms with Gasteiger partial charge in [-0.2, -0.15) is 0 Å². The van der Waals surface area contributed by atoms with Crippen LogP contribution in [-0.2, 0) is 6.42 Å². The minimum absolute atomic E-state index is 0.607. The van der Waals surface area contributed by atoms with E-state index in [0.29, 0.717) is 19.8 Å². The third kappa shape index (κ3) is 2.42. The van der Waals surface area contributed by atoms with E-state index in [0.717, 1.165) is 35.7 Å². The molecule has 1 aliphatic heterocycles. The van der Waals surface area contributed by atoms with Crippen molar-refractivity contribution in [3.05, 3.63) is 36.4 Å². The zero-order valence-electron chi connectivity index (χ0n) is 10.7. The summed E-state index contributed by atoms with van der Waals surface area (Å²) >= 11 is 0. The number of ether oxygens (including phenoxy) is 2. The van der Waals surface area contributed by atoms with Gasteiger partial charge in [-0.15, -0.1) is 0 Å². The van der Waals surface area contributed by atoms with Gasteiger partial charge in [-0.05, 0) is 18.7 Å². The summed E-state index contributed by atoms with van der Waals surface area (Å²) in [6.07, 6.45) is 5.35. The van der Waals surface area contributed by atoms with Gasteiger partial charge in [-0.3, -0.25) is 0 Å². The molecular formula is C14H17N3O2. The molecule has 0 atom stereocenters. The van der Waals surface area contributed by atoms with Crippen LogP contribution in [-0.4, -0.2) is 29.3 Å². The fourth-order valence-corrected chi connectivity index (χ4v) is 2.19. The molecule has 0 amide bonds. The maximum atomic E-state index is 5.70. The third-order valence-electron chi connectivity index (χ3n) is 3.12. The molecule has 5 heteroatoms. The van der Waals surface area contributed by atoms with Gasteiger partial charge in [0.05, 0.1) is 25.2 Å². The molecule has 19 heavy (non-hydrogen) atoms. The van der Waals surface area contributed by atoms with Gasteiger partial charge in [0.15, 0.2) is 11.5 Å². The smallest absolute Gasteiger partial charge is 0.163 e. The van der Waals surface area contributed by atoms with E-state index in [1.807, 2.05) is 29.0 Å². The second-order valence-electron chi connectivity index (χ2n) is 4.48. The van der Waals surface area contributed by atoms with E-state index < -0.39 is 0 Å². The van der Waals surface area contributed by atoms with Crippen molar-refractivity contribution in [1.29, 1.82) is 0 Å².